The summed E-state index contributed by atoms with van der Waals surface area (Å²) in [5, 5.41) is 13.9. The van der Waals surface area contributed by atoms with Crippen LogP contribution in [0.5, 0.6) is 0 Å². The normalized spacial score (nSPS) is 22.2. The van der Waals surface area contributed by atoms with Crippen LogP contribution in [0.1, 0.15) is 36.0 Å². The summed E-state index contributed by atoms with van der Waals surface area (Å²) >= 11 is 0. The highest BCUT2D eigenvalue weighted by molar-refractivity contribution is 5.99. The highest BCUT2D eigenvalue weighted by atomic mass is 16.6. The lowest BCUT2D eigenvalue weighted by molar-refractivity contribution is -0.384. The molecule has 0 radical (unpaired) electrons. The van der Waals surface area contributed by atoms with Crippen molar-refractivity contribution in [2.75, 3.05) is 5.32 Å². The molecule has 7 heteroatoms. The van der Waals surface area contributed by atoms with Crippen molar-refractivity contribution in [3.05, 3.63) is 33.9 Å². The van der Waals surface area contributed by atoms with E-state index in [1.54, 1.807) is 0 Å². The summed E-state index contributed by atoms with van der Waals surface area (Å²) in [6.07, 6.45) is 4.01. The van der Waals surface area contributed by atoms with Crippen LogP contribution in [0.4, 0.5) is 11.4 Å². The fourth-order valence-electron chi connectivity index (χ4n) is 2.51. The van der Waals surface area contributed by atoms with Crippen LogP contribution in [0.3, 0.4) is 0 Å². The maximum absolute atomic E-state index is 11.4. The van der Waals surface area contributed by atoms with Gasteiger partial charge in [-0.15, -0.1) is 0 Å². The third kappa shape index (κ3) is 3.05. The zero-order chi connectivity index (χ0) is 14.7. The number of nitro groups is 1. The van der Waals surface area contributed by atoms with Gasteiger partial charge in [-0.1, -0.05) is 12.8 Å². The Morgan fingerprint density at radius 2 is 2.05 bits per heavy atom. The Kier molecular flexibility index (Phi) is 4.19. The summed E-state index contributed by atoms with van der Waals surface area (Å²) in [6, 6.07) is 4.13. The average Bonchev–Trinajstić information content (AvgIpc) is 2.41. The molecule has 0 saturated heterocycles. The van der Waals surface area contributed by atoms with Gasteiger partial charge in [-0.25, -0.2) is 0 Å². The summed E-state index contributed by atoms with van der Waals surface area (Å²) < 4.78 is 0. The number of nitro benzene ring substituents is 1. The van der Waals surface area contributed by atoms with Crippen LogP contribution in [0.25, 0.3) is 0 Å². The van der Waals surface area contributed by atoms with Gasteiger partial charge in [-0.05, 0) is 18.9 Å². The summed E-state index contributed by atoms with van der Waals surface area (Å²) in [7, 11) is 0. The first-order valence-corrected chi connectivity index (χ1v) is 6.59. The van der Waals surface area contributed by atoms with Crippen LogP contribution in [0.15, 0.2) is 18.2 Å². The van der Waals surface area contributed by atoms with E-state index >= 15 is 0 Å². The first-order chi connectivity index (χ1) is 9.49. The van der Waals surface area contributed by atoms with Crippen LogP contribution >= 0.6 is 0 Å². The Hall–Kier alpha value is -2.15. The first kappa shape index (κ1) is 14.3. The maximum atomic E-state index is 11.4. The minimum Gasteiger partial charge on any atom is -0.380 e. The highest BCUT2D eigenvalue weighted by Gasteiger charge is 2.23. The molecule has 1 aromatic carbocycles. The maximum Gasteiger partial charge on any atom is 0.270 e. The number of nitrogens with two attached hydrogens (primary N) is 2. The van der Waals surface area contributed by atoms with Crippen molar-refractivity contribution < 1.29 is 9.72 Å². The van der Waals surface area contributed by atoms with Crippen LogP contribution in [0.2, 0.25) is 0 Å². The van der Waals surface area contributed by atoms with E-state index in [0.717, 1.165) is 25.7 Å². The van der Waals surface area contributed by atoms with Crippen molar-refractivity contribution in [1.82, 2.24) is 0 Å². The predicted molar refractivity (Wildman–Crippen MR) is 75.5 cm³/mol. The zero-order valence-corrected chi connectivity index (χ0v) is 11.0. The monoisotopic (exact) mass is 278 g/mol. The second-order valence-corrected chi connectivity index (χ2v) is 5.05. The molecule has 2 rings (SSSR count). The standard InChI is InChI=1S/C13H18N4O3/c14-10-3-1-2-4-12(10)16-11-6-5-8(17(19)20)7-9(11)13(15)18/h5-7,10,12,16H,1-4,14H2,(H2,15,18)/t10-,12-/m1/s1. The number of anilines is 1. The number of benzene rings is 1. The number of carbonyl (C=O) groups excluding carboxylic acids is 1. The van der Waals surface area contributed by atoms with Gasteiger partial charge in [-0.2, -0.15) is 0 Å². The van der Waals surface area contributed by atoms with Gasteiger partial charge in [-0.3, -0.25) is 14.9 Å². The number of nitrogens with zero attached hydrogens (tertiary/aromatic N) is 1. The van der Waals surface area contributed by atoms with Gasteiger partial charge < -0.3 is 16.8 Å². The first-order valence-electron chi connectivity index (χ1n) is 6.59. The number of nitrogens with one attached hydrogen (secondary N) is 1. The number of non-ortho nitro benzene ring substituents is 1. The van der Waals surface area contributed by atoms with E-state index in [1.165, 1.54) is 18.2 Å². The Morgan fingerprint density at radius 1 is 1.35 bits per heavy atom. The second kappa shape index (κ2) is 5.87. The Bertz CT molecular complexity index is 532. The van der Waals surface area contributed by atoms with Crippen LogP contribution in [0, 0.1) is 10.1 Å². The molecule has 108 valence electrons. The molecule has 5 N–H and O–H groups in total. The van der Waals surface area contributed by atoms with Crippen molar-refractivity contribution in [3.63, 3.8) is 0 Å². The molecule has 7 nitrogen and oxygen atoms in total. The molecule has 1 saturated carbocycles. The van der Waals surface area contributed by atoms with E-state index in [2.05, 4.69) is 5.32 Å². The van der Waals surface area contributed by atoms with Crippen molar-refractivity contribution in [2.45, 2.75) is 37.8 Å². The summed E-state index contributed by atoms with van der Waals surface area (Å²) in [6.45, 7) is 0. The zero-order valence-electron chi connectivity index (χ0n) is 11.0. The molecular formula is C13H18N4O3. The quantitative estimate of drug-likeness (QED) is 0.566. The molecule has 0 unspecified atom stereocenters. The molecule has 1 aromatic rings. The van der Waals surface area contributed by atoms with E-state index in [0.29, 0.717) is 5.69 Å². The lowest BCUT2D eigenvalue weighted by Crippen LogP contribution is -2.42. The number of amides is 1. The minimum absolute atomic E-state index is 0.0136. The second-order valence-electron chi connectivity index (χ2n) is 5.05. The molecule has 0 spiro atoms. The molecule has 0 aliphatic heterocycles. The van der Waals surface area contributed by atoms with Gasteiger partial charge in [0, 0.05) is 29.9 Å². The number of hydrogen-bond donors (Lipinski definition) is 3. The largest absolute Gasteiger partial charge is 0.380 e. The Labute approximate surface area is 116 Å². The predicted octanol–water partition coefficient (Wildman–Crippen LogP) is 1.38. The average molecular weight is 278 g/mol. The van der Waals surface area contributed by atoms with E-state index in [1.807, 2.05) is 0 Å². The molecule has 20 heavy (non-hydrogen) atoms. The molecular weight excluding hydrogens is 260 g/mol. The summed E-state index contributed by atoms with van der Waals surface area (Å²) in [5.41, 5.74) is 11.8. The van der Waals surface area contributed by atoms with Crippen LogP contribution < -0.4 is 16.8 Å². The van der Waals surface area contributed by atoms with E-state index < -0.39 is 10.8 Å². The van der Waals surface area contributed by atoms with Gasteiger partial charge in [0.1, 0.15) is 0 Å². The van der Waals surface area contributed by atoms with Crippen molar-refractivity contribution in [2.24, 2.45) is 11.5 Å². The molecule has 1 aliphatic rings. The Balaban J connectivity index is 2.26. The Morgan fingerprint density at radius 3 is 2.65 bits per heavy atom. The van der Waals surface area contributed by atoms with Gasteiger partial charge >= 0.3 is 0 Å². The molecule has 2 atom stereocenters. The number of rotatable bonds is 4. The molecule has 0 bridgehead atoms. The number of primary amides is 1. The third-order valence-electron chi connectivity index (χ3n) is 3.64. The van der Waals surface area contributed by atoms with Crippen molar-refractivity contribution in [1.29, 1.82) is 0 Å². The summed E-state index contributed by atoms with van der Waals surface area (Å²) in [5.74, 6) is -0.694. The third-order valence-corrected chi connectivity index (χ3v) is 3.64. The molecule has 1 fully saturated rings. The topological polar surface area (TPSA) is 124 Å². The van der Waals surface area contributed by atoms with Gasteiger partial charge in [0.05, 0.1) is 10.5 Å². The lowest BCUT2D eigenvalue weighted by Gasteiger charge is -2.30. The van der Waals surface area contributed by atoms with Crippen LogP contribution in [-0.4, -0.2) is 22.9 Å². The van der Waals surface area contributed by atoms with E-state index in [9.17, 15) is 14.9 Å². The van der Waals surface area contributed by atoms with Gasteiger partial charge in [0.2, 0.25) is 0 Å². The summed E-state index contributed by atoms with van der Waals surface area (Å²) in [4.78, 5) is 21.6. The highest BCUT2D eigenvalue weighted by Crippen LogP contribution is 2.26. The smallest absolute Gasteiger partial charge is 0.270 e. The van der Waals surface area contributed by atoms with Gasteiger partial charge in [0.15, 0.2) is 0 Å². The molecule has 1 amide bonds. The molecule has 0 aromatic heterocycles. The van der Waals surface area contributed by atoms with Gasteiger partial charge in [0.25, 0.3) is 11.6 Å². The SMILES string of the molecule is NC(=O)c1cc([N+](=O)[O-])ccc1N[C@@H]1CCCC[C@H]1N. The minimum atomic E-state index is -0.694. The lowest BCUT2D eigenvalue weighted by atomic mass is 9.90. The number of hydrogen-bond acceptors (Lipinski definition) is 5. The fraction of sp³-hybridized carbons (Fsp3) is 0.462. The number of carbonyl (C=O) groups is 1. The van der Waals surface area contributed by atoms with E-state index in [-0.39, 0.29) is 23.3 Å². The molecule has 1 aliphatic carbocycles. The van der Waals surface area contributed by atoms with Crippen molar-refractivity contribution >= 4 is 17.3 Å². The molecule has 0 heterocycles. The van der Waals surface area contributed by atoms with Crippen LogP contribution in [-0.2, 0) is 0 Å². The van der Waals surface area contributed by atoms with Crippen molar-refractivity contribution in [3.8, 4) is 0 Å². The van der Waals surface area contributed by atoms with E-state index in [4.69, 9.17) is 11.5 Å². The fourth-order valence-corrected chi connectivity index (χ4v) is 2.51.